The van der Waals surface area contributed by atoms with Gasteiger partial charge in [-0.2, -0.15) is 5.10 Å². The first kappa shape index (κ1) is 13.8. The van der Waals surface area contributed by atoms with Crippen LogP contribution < -0.4 is 5.32 Å². The summed E-state index contributed by atoms with van der Waals surface area (Å²) in [6, 6.07) is 15.2. The molecule has 0 bridgehead atoms. The molecule has 0 fully saturated rings. The van der Waals surface area contributed by atoms with Gasteiger partial charge in [-0.05, 0) is 24.3 Å². The standard InChI is InChI=1S/C17H13ClN4O/c18-14-6-2-1-5-13(14)15-10-17-20-16(7-8-22(17)21-15)19-11-12-4-3-9-23-12/h1-10H,11H2,(H,19,20). The smallest absolute Gasteiger partial charge is 0.157 e. The number of halogens is 1. The summed E-state index contributed by atoms with van der Waals surface area (Å²) in [5.41, 5.74) is 2.44. The van der Waals surface area contributed by atoms with Crippen LogP contribution in [0.15, 0.2) is 65.4 Å². The molecule has 1 aromatic carbocycles. The van der Waals surface area contributed by atoms with Crippen LogP contribution in [0.4, 0.5) is 5.82 Å². The molecule has 5 nitrogen and oxygen atoms in total. The van der Waals surface area contributed by atoms with E-state index in [1.54, 1.807) is 10.8 Å². The Kier molecular flexibility index (Phi) is 3.48. The van der Waals surface area contributed by atoms with Crippen LogP contribution in [0.25, 0.3) is 16.9 Å². The Hall–Kier alpha value is -2.79. The zero-order valence-electron chi connectivity index (χ0n) is 12.1. The van der Waals surface area contributed by atoms with Crippen LogP contribution in [0.2, 0.25) is 5.02 Å². The van der Waals surface area contributed by atoms with E-state index in [9.17, 15) is 0 Å². The third-order valence-electron chi connectivity index (χ3n) is 3.50. The van der Waals surface area contributed by atoms with Crippen molar-refractivity contribution < 1.29 is 4.42 Å². The predicted octanol–water partition coefficient (Wildman–Crippen LogP) is 4.25. The summed E-state index contributed by atoms with van der Waals surface area (Å²) in [4.78, 5) is 4.56. The molecule has 6 heteroatoms. The number of furan rings is 1. The first-order valence-electron chi connectivity index (χ1n) is 7.17. The molecule has 4 rings (SSSR count). The second-order valence-electron chi connectivity index (χ2n) is 5.06. The minimum absolute atomic E-state index is 0.585. The molecule has 0 amide bonds. The van der Waals surface area contributed by atoms with Crippen molar-refractivity contribution in [1.82, 2.24) is 14.6 Å². The highest BCUT2D eigenvalue weighted by atomic mass is 35.5. The lowest BCUT2D eigenvalue weighted by Crippen LogP contribution is -2.01. The van der Waals surface area contributed by atoms with Gasteiger partial charge in [0.05, 0.1) is 23.5 Å². The van der Waals surface area contributed by atoms with Gasteiger partial charge in [0.2, 0.25) is 0 Å². The molecule has 3 aromatic heterocycles. The molecule has 1 N–H and O–H groups in total. The van der Waals surface area contributed by atoms with Gasteiger partial charge in [-0.15, -0.1) is 0 Å². The van der Waals surface area contributed by atoms with Crippen molar-refractivity contribution in [2.45, 2.75) is 6.54 Å². The molecule has 0 spiro atoms. The Balaban J connectivity index is 1.63. The van der Waals surface area contributed by atoms with Gasteiger partial charge < -0.3 is 9.73 Å². The first-order valence-corrected chi connectivity index (χ1v) is 7.55. The van der Waals surface area contributed by atoms with Gasteiger partial charge in [0.1, 0.15) is 11.6 Å². The van der Waals surface area contributed by atoms with E-state index in [2.05, 4.69) is 15.4 Å². The molecule has 114 valence electrons. The van der Waals surface area contributed by atoms with Crippen LogP contribution in [0.1, 0.15) is 5.76 Å². The van der Waals surface area contributed by atoms with E-state index in [0.29, 0.717) is 11.6 Å². The van der Waals surface area contributed by atoms with Gasteiger partial charge in [-0.3, -0.25) is 0 Å². The Morgan fingerprint density at radius 2 is 2.04 bits per heavy atom. The Bertz CT molecular complexity index is 946. The molecular formula is C17H13ClN4O. The fraction of sp³-hybridized carbons (Fsp3) is 0.0588. The number of nitrogens with one attached hydrogen (secondary N) is 1. The van der Waals surface area contributed by atoms with E-state index < -0.39 is 0 Å². The number of fused-ring (bicyclic) bond motifs is 1. The summed E-state index contributed by atoms with van der Waals surface area (Å²) in [7, 11) is 0. The Morgan fingerprint density at radius 3 is 2.87 bits per heavy atom. The highest BCUT2D eigenvalue weighted by molar-refractivity contribution is 6.33. The zero-order chi connectivity index (χ0) is 15.6. The van der Waals surface area contributed by atoms with Crippen LogP contribution in [0.3, 0.4) is 0 Å². The SMILES string of the molecule is Clc1ccccc1-c1cc2nc(NCc3ccco3)ccn2n1. The summed E-state index contributed by atoms with van der Waals surface area (Å²) in [6.45, 7) is 0.585. The lowest BCUT2D eigenvalue weighted by Gasteiger charge is -2.03. The lowest BCUT2D eigenvalue weighted by atomic mass is 10.1. The molecule has 0 saturated carbocycles. The van der Waals surface area contributed by atoms with E-state index in [4.69, 9.17) is 16.0 Å². The molecule has 0 aliphatic heterocycles. The number of hydrogen-bond acceptors (Lipinski definition) is 4. The Morgan fingerprint density at radius 1 is 1.13 bits per heavy atom. The highest BCUT2D eigenvalue weighted by Crippen LogP contribution is 2.27. The van der Waals surface area contributed by atoms with Gasteiger partial charge in [-0.25, -0.2) is 9.50 Å². The minimum atomic E-state index is 0.585. The van der Waals surface area contributed by atoms with Gasteiger partial charge in [-0.1, -0.05) is 29.8 Å². The largest absolute Gasteiger partial charge is 0.467 e. The average molecular weight is 325 g/mol. The van der Waals surface area contributed by atoms with E-state index in [1.807, 2.05) is 54.7 Å². The second kappa shape index (κ2) is 5.78. The van der Waals surface area contributed by atoms with Gasteiger partial charge in [0.25, 0.3) is 0 Å². The van der Waals surface area contributed by atoms with Crippen molar-refractivity contribution >= 4 is 23.1 Å². The van der Waals surface area contributed by atoms with Crippen molar-refractivity contribution in [2.75, 3.05) is 5.32 Å². The number of nitrogens with zero attached hydrogens (tertiary/aromatic N) is 3. The summed E-state index contributed by atoms with van der Waals surface area (Å²) >= 11 is 6.23. The van der Waals surface area contributed by atoms with Crippen molar-refractivity contribution in [3.8, 4) is 11.3 Å². The topological polar surface area (TPSA) is 55.4 Å². The maximum atomic E-state index is 6.23. The molecular weight excluding hydrogens is 312 g/mol. The Labute approximate surface area is 137 Å². The number of benzene rings is 1. The van der Waals surface area contributed by atoms with Crippen LogP contribution in [-0.4, -0.2) is 14.6 Å². The summed E-state index contributed by atoms with van der Waals surface area (Å²) in [5.74, 6) is 1.62. The zero-order valence-corrected chi connectivity index (χ0v) is 12.9. The maximum Gasteiger partial charge on any atom is 0.157 e. The van der Waals surface area contributed by atoms with E-state index in [1.165, 1.54) is 0 Å². The number of hydrogen-bond donors (Lipinski definition) is 1. The first-order chi connectivity index (χ1) is 11.3. The average Bonchev–Trinajstić information content (AvgIpc) is 3.22. The summed E-state index contributed by atoms with van der Waals surface area (Å²) in [5, 5.41) is 8.42. The third kappa shape index (κ3) is 2.78. The molecule has 0 unspecified atom stereocenters. The molecule has 0 aliphatic carbocycles. The predicted molar refractivity (Wildman–Crippen MR) is 89.5 cm³/mol. The highest BCUT2D eigenvalue weighted by Gasteiger charge is 2.09. The molecule has 4 aromatic rings. The molecule has 0 saturated heterocycles. The van der Waals surface area contributed by atoms with Gasteiger partial charge in [0, 0.05) is 17.8 Å². The molecule has 23 heavy (non-hydrogen) atoms. The molecule has 0 radical (unpaired) electrons. The van der Waals surface area contributed by atoms with Crippen LogP contribution >= 0.6 is 11.6 Å². The molecule has 3 heterocycles. The van der Waals surface area contributed by atoms with Crippen LogP contribution in [0, 0.1) is 0 Å². The monoisotopic (exact) mass is 324 g/mol. The number of anilines is 1. The van der Waals surface area contributed by atoms with Crippen molar-refractivity contribution in [2.24, 2.45) is 0 Å². The number of aromatic nitrogens is 3. The summed E-state index contributed by atoms with van der Waals surface area (Å²) in [6.07, 6.45) is 3.52. The van der Waals surface area contributed by atoms with E-state index in [-0.39, 0.29) is 0 Å². The van der Waals surface area contributed by atoms with Crippen molar-refractivity contribution in [3.05, 3.63) is 71.8 Å². The van der Waals surface area contributed by atoms with Gasteiger partial charge in [0.15, 0.2) is 5.65 Å². The molecule has 0 atom stereocenters. The number of rotatable bonds is 4. The van der Waals surface area contributed by atoms with E-state index >= 15 is 0 Å². The quantitative estimate of drug-likeness (QED) is 0.609. The second-order valence-corrected chi connectivity index (χ2v) is 5.47. The minimum Gasteiger partial charge on any atom is -0.467 e. The summed E-state index contributed by atoms with van der Waals surface area (Å²) < 4.78 is 7.03. The van der Waals surface area contributed by atoms with Crippen LogP contribution in [0.5, 0.6) is 0 Å². The fourth-order valence-electron chi connectivity index (χ4n) is 2.37. The van der Waals surface area contributed by atoms with Crippen molar-refractivity contribution in [3.63, 3.8) is 0 Å². The normalized spacial score (nSPS) is 11.0. The fourth-order valence-corrected chi connectivity index (χ4v) is 2.60. The van der Waals surface area contributed by atoms with E-state index in [0.717, 1.165) is 28.5 Å². The third-order valence-corrected chi connectivity index (χ3v) is 3.83. The van der Waals surface area contributed by atoms with Crippen molar-refractivity contribution in [1.29, 1.82) is 0 Å². The van der Waals surface area contributed by atoms with Crippen LogP contribution in [-0.2, 0) is 6.54 Å². The maximum absolute atomic E-state index is 6.23. The van der Waals surface area contributed by atoms with Gasteiger partial charge >= 0.3 is 0 Å². The molecule has 0 aliphatic rings. The lowest BCUT2D eigenvalue weighted by molar-refractivity contribution is 0.518.